The highest BCUT2D eigenvalue weighted by Crippen LogP contribution is 2.27. The van der Waals surface area contributed by atoms with Gasteiger partial charge in [0.25, 0.3) is 0 Å². The highest BCUT2D eigenvalue weighted by molar-refractivity contribution is 5.64. The first-order valence-electron chi connectivity index (χ1n) is 5.48. The van der Waals surface area contributed by atoms with Crippen molar-refractivity contribution in [2.24, 2.45) is 5.73 Å². The molecule has 1 aliphatic carbocycles. The van der Waals surface area contributed by atoms with Gasteiger partial charge >= 0.3 is 6.09 Å². The molecule has 1 rings (SSSR count). The lowest BCUT2D eigenvalue weighted by atomic mass is 9.85. The number of nitrogens with two attached hydrogens (primary N) is 1. The number of aliphatic hydroxyl groups is 1. The van der Waals surface area contributed by atoms with Crippen molar-refractivity contribution in [3.63, 3.8) is 0 Å². The minimum atomic E-state index is -0.756. The molecular weight excluding hydrogens is 196 g/mol. The number of amides is 1. The third-order valence-corrected chi connectivity index (χ3v) is 2.76. The molecule has 0 aromatic carbocycles. The van der Waals surface area contributed by atoms with E-state index in [1.165, 1.54) is 6.42 Å². The summed E-state index contributed by atoms with van der Waals surface area (Å²) in [5.74, 6) is 0. The van der Waals surface area contributed by atoms with Gasteiger partial charge in [-0.15, -0.1) is 0 Å². The van der Waals surface area contributed by atoms with E-state index in [1.54, 1.807) is 0 Å². The molecule has 0 unspecified atom stereocenters. The van der Waals surface area contributed by atoms with Gasteiger partial charge in [-0.05, 0) is 12.8 Å². The summed E-state index contributed by atoms with van der Waals surface area (Å²) in [6.07, 6.45) is 4.36. The van der Waals surface area contributed by atoms with Crippen LogP contribution in [-0.4, -0.2) is 36.5 Å². The van der Waals surface area contributed by atoms with E-state index >= 15 is 0 Å². The standard InChI is InChI=1S/C10H20N2O3/c11-9(13)15-7-6-12-8-10(14)4-2-1-3-5-10/h12,14H,1-8H2,(H2,11,13). The van der Waals surface area contributed by atoms with E-state index in [1.807, 2.05) is 0 Å². The van der Waals surface area contributed by atoms with Crippen molar-refractivity contribution in [1.82, 2.24) is 5.32 Å². The van der Waals surface area contributed by atoms with Crippen LogP contribution < -0.4 is 11.1 Å². The smallest absolute Gasteiger partial charge is 0.404 e. The summed E-state index contributed by atoms with van der Waals surface area (Å²) in [7, 11) is 0. The second kappa shape index (κ2) is 5.92. The summed E-state index contributed by atoms with van der Waals surface area (Å²) in [4.78, 5) is 10.2. The number of carbonyl (C=O) groups is 1. The number of nitrogens with one attached hydrogen (secondary N) is 1. The third-order valence-electron chi connectivity index (χ3n) is 2.76. The van der Waals surface area contributed by atoms with E-state index in [0.717, 1.165) is 25.7 Å². The van der Waals surface area contributed by atoms with Crippen molar-refractivity contribution in [2.45, 2.75) is 37.7 Å². The van der Waals surface area contributed by atoms with Crippen molar-refractivity contribution in [3.8, 4) is 0 Å². The lowest BCUT2D eigenvalue weighted by Crippen LogP contribution is -2.43. The zero-order valence-electron chi connectivity index (χ0n) is 9.00. The zero-order valence-corrected chi connectivity index (χ0v) is 9.00. The van der Waals surface area contributed by atoms with Gasteiger partial charge in [-0.2, -0.15) is 0 Å². The Labute approximate surface area is 90.0 Å². The van der Waals surface area contributed by atoms with Crippen LogP contribution in [0.1, 0.15) is 32.1 Å². The quantitative estimate of drug-likeness (QED) is 0.579. The molecule has 15 heavy (non-hydrogen) atoms. The number of hydrogen-bond acceptors (Lipinski definition) is 4. The van der Waals surface area contributed by atoms with Crippen LogP contribution >= 0.6 is 0 Å². The topological polar surface area (TPSA) is 84.6 Å². The molecule has 1 saturated carbocycles. The Balaban J connectivity index is 2.05. The van der Waals surface area contributed by atoms with E-state index in [-0.39, 0.29) is 6.61 Å². The fraction of sp³-hybridized carbons (Fsp3) is 0.900. The van der Waals surface area contributed by atoms with Crippen molar-refractivity contribution < 1.29 is 14.6 Å². The van der Waals surface area contributed by atoms with E-state index < -0.39 is 11.7 Å². The number of ether oxygens (including phenoxy) is 1. The fourth-order valence-corrected chi connectivity index (χ4v) is 1.93. The second-order valence-corrected chi connectivity index (χ2v) is 4.13. The molecule has 1 amide bonds. The maximum Gasteiger partial charge on any atom is 0.404 e. The molecule has 4 N–H and O–H groups in total. The van der Waals surface area contributed by atoms with E-state index in [4.69, 9.17) is 5.73 Å². The average Bonchev–Trinajstić information content (AvgIpc) is 2.17. The predicted molar refractivity (Wildman–Crippen MR) is 56.4 cm³/mol. The summed E-state index contributed by atoms with van der Waals surface area (Å²) >= 11 is 0. The third kappa shape index (κ3) is 4.99. The maximum atomic E-state index is 10.2. The van der Waals surface area contributed by atoms with Gasteiger partial charge in [0.1, 0.15) is 6.61 Å². The molecule has 1 aliphatic rings. The lowest BCUT2D eigenvalue weighted by Gasteiger charge is -2.32. The Morgan fingerprint density at radius 2 is 2.07 bits per heavy atom. The molecule has 0 aromatic heterocycles. The van der Waals surface area contributed by atoms with E-state index in [9.17, 15) is 9.90 Å². The Hall–Kier alpha value is -0.810. The summed E-state index contributed by atoms with van der Waals surface area (Å²) in [6.45, 7) is 1.35. The second-order valence-electron chi connectivity index (χ2n) is 4.13. The monoisotopic (exact) mass is 216 g/mol. The van der Waals surface area contributed by atoms with Crippen LogP contribution in [0.15, 0.2) is 0 Å². The predicted octanol–water partition coefficient (Wildman–Crippen LogP) is 0.366. The molecule has 5 nitrogen and oxygen atoms in total. The van der Waals surface area contributed by atoms with Gasteiger partial charge in [0.2, 0.25) is 0 Å². The first kappa shape index (κ1) is 12.3. The zero-order chi connectivity index (χ0) is 11.1. The molecule has 0 aromatic rings. The first-order valence-corrected chi connectivity index (χ1v) is 5.48. The molecule has 88 valence electrons. The van der Waals surface area contributed by atoms with Gasteiger partial charge in [0.05, 0.1) is 5.60 Å². The van der Waals surface area contributed by atoms with Gasteiger partial charge < -0.3 is 20.9 Å². The molecule has 0 spiro atoms. The molecule has 0 aliphatic heterocycles. The van der Waals surface area contributed by atoms with E-state index in [0.29, 0.717) is 13.1 Å². The molecule has 5 heteroatoms. The van der Waals surface area contributed by atoms with Crippen molar-refractivity contribution in [1.29, 1.82) is 0 Å². The van der Waals surface area contributed by atoms with Crippen LogP contribution in [0.5, 0.6) is 0 Å². The summed E-state index contributed by atoms with van der Waals surface area (Å²) in [5, 5.41) is 13.2. The molecule has 1 fully saturated rings. The number of rotatable bonds is 5. The molecule has 0 bridgehead atoms. The SMILES string of the molecule is NC(=O)OCCNCC1(O)CCCCC1. The van der Waals surface area contributed by atoms with Gasteiger partial charge in [-0.25, -0.2) is 4.79 Å². The normalized spacial score (nSPS) is 19.8. The summed E-state index contributed by atoms with van der Waals surface area (Å²) in [5.41, 5.74) is 4.24. The molecule has 0 atom stereocenters. The van der Waals surface area contributed by atoms with Gasteiger partial charge in [0.15, 0.2) is 0 Å². The van der Waals surface area contributed by atoms with Gasteiger partial charge in [0, 0.05) is 13.1 Å². The molecular formula is C10H20N2O3. The van der Waals surface area contributed by atoms with Crippen molar-refractivity contribution in [3.05, 3.63) is 0 Å². The summed E-state index contributed by atoms with van der Waals surface area (Å²) < 4.78 is 4.56. The molecule has 0 radical (unpaired) electrons. The Morgan fingerprint density at radius 1 is 1.40 bits per heavy atom. The molecule has 0 heterocycles. The van der Waals surface area contributed by atoms with Crippen LogP contribution in [0.3, 0.4) is 0 Å². The minimum absolute atomic E-state index is 0.255. The maximum absolute atomic E-state index is 10.2. The van der Waals surface area contributed by atoms with Crippen LogP contribution in [0.25, 0.3) is 0 Å². The van der Waals surface area contributed by atoms with Crippen LogP contribution in [-0.2, 0) is 4.74 Å². The van der Waals surface area contributed by atoms with Crippen LogP contribution in [0, 0.1) is 0 Å². The number of primary amides is 1. The Bertz CT molecular complexity index is 203. The minimum Gasteiger partial charge on any atom is -0.448 e. The van der Waals surface area contributed by atoms with E-state index in [2.05, 4.69) is 10.1 Å². The Morgan fingerprint density at radius 3 is 2.67 bits per heavy atom. The van der Waals surface area contributed by atoms with Crippen molar-refractivity contribution in [2.75, 3.05) is 19.7 Å². The lowest BCUT2D eigenvalue weighted by molar-refractivity contribution is 0.00430. The number of hydrogen-bond donors (Lipinski definition) is 3. The largest absolute Gasteiger partial charge is 0.448 e. The fourth-order valence-electron chi connectivity index (χ4n) is 1.93. The highest BCUT2D eigenvalue weighted by Gasteiger charge is 2.28. The first-order chi connectivity index (χ1) is 7.12. The average molecular weight is 216 g/mol. The van der Waals surface area contributed by atoms with Crippen LogP contribution in [0.4, 0.5) is 4.79 Å². The van der Waals surface area contributed by atoms with Gasteiger partial charge in [-0.3, -0.25) is 0 Å². The van der Waals surface area contributed by atoms with Gasteiger partial charge in [-0.1, -0.05) is 19.3 Å². The van der Waals surface area contributed by atoms with Crippen molar-refractivity contribution >= 4 is 6.09 Å². The molecule has 0 saturated heterocycles. The van der Waals surface area contributed by atoms with Crippen LogP contribution in [0.2, 0.25) is 0 Å². The number of carbonyl (C=O) groups excluding carboxylic acids is 1. The summed E-state index contributed by atoms with van der Waals surface area (Å²) in [6, 6.07) is 0. The highest BCUT2D eigenvalue weighted by atomic mass is 16.5. The Kier molecular flexibility index (Phi) is 4.84.